The topological polar surface area (TPSA) is 827 Å². The predicted octanol–water partition coefficient (Wildman–Crippen LogP) is -15.2. The summed E-state index contributed by atoms with van der Waals surface area (Å²) in [6.45, 7) is -2.15. The standard InChI is InChI=1S/C29H55N7O11.C20H37N7O11.C18H36N4O10/c1-31-7-15-18(12-39)28(44-14-23(15)42-4)46-25-19(13-40)26(21(33-3)6-20(25)32-2)47-29-27(43-5)17(11-38)16(10-37)22(45-29)8-34-24(41)9-35-36-30;21-2-6-9(28)5-35-19(12(6)30)37-17-7(22)1-8(23)18(16(17)34)38-20-15(33)14(32)13(31)10(36-20)3-25-11(29)4-26-27-24;19-2-5-8(23)4-29-17(10(5)24)31-15-6(21)1-7(22)16(14(15)28)32-18-13(27)12(26)11(25)9(3-20)30-18/h15-23,25-29,31-33,37-40H,6-14H2,1-5H3,(H,34,41);6-10,12-20,28,30-34H,1-5,21-23H2,(H,25,29);5-18,23-28H,1-4,19-22H2/t15-,16-,17?,18?,19?,20+,21?,22?,23-,25-,26-,27-,28+,29+;6-,7-,8?,9+,10?,12?,13-,14?,15+,16?,17-,18-,19-,20-;5-,6-,7?,8+,9?,10?,11-,12?,13+,14?,15-,16-,17-,18-/m011/s1. The lowest BCUT2D eigenvalue weighted by Gasteiger charge is -2.51. The van der Waals surface area contributed by atoms with Crippen molar-refractivity contribution in [2.75, 3.05) is 134 Å². The van der Waals surface area contributed by atoms with Gasteiger partial charge in [-0.25, -0.2) is 0 Å². The monoisotopic (exact) mass is 1700 g/mol. The number of ether oxygens (including phenoxy) is 14. The van der Waals surface area contributed by atoms with E-state index in [0.717, 1.165) is 0 Å². The van der Waals surface area contributed by atoms with E-state index in [2.05, 4.69) is 46.6 Å². The van der Waals surface area contributed by atoms with Gasteiger partial charge >= 0.3 is 0 Å². The molecule has 0 aromatic heterocycles. The van der Waals surface area contributed by atoms with Crippen molar-refractivity contribution < 1.29 is 158 Å². The van der Waals surface area contributed by atoms with Crippen molar-refractivity contribution in [2.45, 2.75) is 234 Å². The highest BCUT2D eigenvalue weighted by Gasteiger charge is 2.57. The van der Waals surface area contributed by atoms with E-state index in [-0.39, 0.29) is 116 Å². The number of carbonyl (C=O) groups is 2. The molecule has 6 aliphatic heterocycles. The third kappa shape index (κ3) is 24.7. The molecule has 50 nitrogen and oxygen atoms in total. The van der Waals surface area contributed by atoms with Crippen LogP contribution < -0.4 is 66.7 Å². The molecule has 6 heterocycles. The number of azide groups is 2. The molecule has 678 valence electrons. The van der Waals surface area contributed by atoms with Gasteiger partial charge in [0.1, 0.15) is 117 Å². The molecule has 9 fully saturated rings. The van der Waals surface area contributed by atoms with Crippen LogP contribution in [0.15, 0.2) is 10.2 Å². The van der Waals surface area contributed by atoms with Gasteiger partial charge in [0, 0.05) is 154 Å². The van der Waals surface area contributed by atoms with E-state index in [0.29, 0.717) is 13.0 Å². The number of likely N-dealkylation sites (N-methyl/N-ethyl adjacent to an activating group) is 2. The summed E-state index contributed by atoms with van der Waals surface area (Å²) in [5.74, 6) is -4.98. The van der Waals surface area contributed by atoms with Crippen molar-refractivity contribution in [2.24, 2.45) is 91.8 Å². The van der Waals surface area contributed by atoms with Crippen molar-refractivity contribution in [1.82, 2.24) is 26.6 Å². The maximum absolute atomic E-state index is 12.2. The number of aliphatic hydroxyl groups is 16. The number of amides is 2. The normalized spacial score (nSPS) is 45.0. The van der Waals surface area contributed by atoms with Crippen molar-refractivity contribution in [3.63, 3.8) is 0 Å². The Hall–Kier alpha value is -4.04. The summed E-state index contributed by atoms with van der Waals surface area (Å²) < 4.78 is 81.9. The minimum atomic E-state index is -1.76. The predicted molar refractivity (Wildman–Crippen MR) is 397 cm³/mol. The van der Waals surface area contributed by atoms with Gasteiger partial charge in [-0.1, -0.05) is 10.2 Å². The quantitative estimate of drug-likeness (QED) is 0.0165. The molecule has 0 aromatic carbocycles. The zero-order valence-corrected chi connectivity index (χ0v) is 65.9. The second-order valence-corrected chi connectivity index (χ2v) is 30.5. The number of nitrogens with zero attached hydrogens (tertiary/aromatic N) is 6. The van der Waals surface area contributed by atoms with Crippen molar-refractivity contribution in [3.8, 4) is 0 Å². The Balaban J connectivity index is 0.000000247. The SMILES string of the molecule is CNC[C@H]1C(CO)[C@@H](O[C@H]2C(CO)[C@H](O[C@H]3OC(CNC(=O)CN=[N+]=[N-])[C@@H](CO)C(CO)[C@@H]3OC)C(NC)C[C@H]2NC)OC[C@@H]1OC.NCC1O[C@H](O[C@@H]2C(N)C[C@@H](N)[C@@H](O[C@H]3OC[C@H](O)[C@@H](CN)C3O)C2O)[C@@H](O)C(O)[C@@H]1O.[N-]=[N+]=NCC(=O)NCC1O[C@H](O[C@@H]2C(N)C[C@@H](N)[C@@H](O[C@H]3OC[C@H](O)[C@@H](CN)C3O)C2O)[C@@H](O)C(O)[C@@H]1O. The molecular weight excluding hydrogens is 1570 g/mol. The lowest BCUT2D eigenvalue weighted by atomic mass is 9.77. The minimum Gasteiger partial charge on any atom is -0.396 e. The number of carbonyl (C=O) groups excluding carboxylic acids is 2. The van der Waals surface area contributed by atoms with E-state index in [9.17, 15) is 91.3 Å². The van der Waals surface area contributed by atoms with Crippen LogP contribution in [0.3, 0.4) is 0 Å². The molecule has 6 saturated heterocycles. The number of rotatable bonds is 33. The van der Waals surface area contributed by atoms with Gasteiger partial charge < -0.3 is 215 Å². The smallest absolute Gasteiger partial charge is 0.225 e. The lowest BCUT2D eigenvalue weighted by Crippen LogP contribution is -2.67. The molecule has 0 radical (unpaired) electrons. The van der Waals surface area contributed by atoms with E-state index in [4.69, 9.17) is 118 Å². The first-order valence-corrected chi connectivity index (χ1v) is 39.0. The average Bonchev–Trinajstić information content (AvgIpc) is 0.777. The minimum absolute atomic E-state index is 0.00513. The van der Waals surface area contributed by atoms with Crippen LogP contribution in [0.4, 0.5) is 0 Å². The number of hydrogen-bond donors (Lipinski definition) is 28. The van der Waals surface area contributed by atoms with Gasteiger partial charge in [0.15, 0.2) is 37.7 Å². The van der Waals surface area contributed by atoms with Crippen LogP contribution >= 0.6 is 0 Å². The van der Waals surface area contributed by atoms with Gasteiger partial charge in [-0.05, 0) is 51.5 Å². The Kier molecular flexibility index (Phi) is 41.3. The Bertz CT molecular complexity index is 3030. The largest absolute Gasteiger partial charge is 0.396 e. The molecule has 50 heteroatoms. The van der Waals surface area contributed by atoms with Gasteiger partial charge in [-0.3, -0.25) is 9.59 Å². The zero-order valence-electron chi connectivity index (χ0n) is 65.9. The van der Waals surface area contributed by atoms with Crippen LogP contribution in [0.5, 0.6) is 0 Å². The summed E-state index contributed by atoms with van der Waals surface area (Å²) in [6.07, 6.45) is -33.9. The molecule has 117 heavy (non-hydrogen) atoms. The van der Waals surface area contributed by atoms with Crippen LogP contribution in [-0.2, 0) is 75.9 Å². The maximum Gasteiger partial charge on any atom is 0.225 e. The van der Waals surface area contributed by atoms with Crippen molar-refractivity contribution in [1.29, 1.82) is 0 Å². The highest BCUT2D eigenvalue weighted by molar-refractivity contribution is 5.78. The van der Waals surface area contributed by atoms with E-state index in [1.807, 2.05) is 14.1 Å². The molecule has 3 aliphatic carbocycles. The second-order valence-electron chi connectivity index (χ2n) is 30.5. The van der Waals surface area contributed by atoms with E-state index in [1.54, 1.807) is 14.2 Å². The van der Waals surface area contributed by atoms with E-state index < -0.39 is 257 Å². The van der Waals surface area contributed by atoms with Gasteiger partial charge in [-0.2, -0.15) is 0 Å². The number of methoxy groups -OCH3 is 2. The van der Waals surface area contributed by atoms with E-state index >= 15 is 0 Å². The molecule has 0 bridgehead atoms. The number of nitrogens with one attached hydrogen (secondary N) is 5. The van der Waals surface area contributed by atoms with Gasteiger partial charge in [-0.15, -0.1) is 0 Å². The molecule has 0 aromatic rings. The molecule has 35 N–H and O–H groups in total. The summed E-state index contributed by atoms with van der Waals surface area (Å²) >= 11 is 0. The zero-order chi connectivity index (χ0) is 86.4. The third-order valence-electron chi connectivity index (χ3n) is 23.4. The summed E-state index contributed by atoms with van der Waals surface area (Å²) in [6, 6.07) is -3.75. The highest BCUT2D eigenvalue weighted by atomic mass is 16.7. The number of aliphatic hydroxyl groups excluding tert-OH is 16. The van der Waals surface area contributed by atoms with Gasteiger partial charge in [0.25, 0.3) is 0 Å². The first-order chi connectivity index (χ1) is 55.9. The fraction of sp³-hybridized carbons (Fsp3) is 0.970. The second kappa shape index (κ2) is 48.3. The summed E-state index contributed by atoms with van der Waals surface area (Å²) in [7, 11) is 8.50. The summed E-state index contributed by atoms with van der Waals surface area (Å²) in [5, 5.41) is 187. The molecule has 3 saturated carbocycles. The van der Waals surface area contributed by atoms with Crippen molar-refractivity contribution >= 4 is 11.8 Å². The average molecular weight is 1700 g/mol. The maximum atomic E-state index is 12.2. The third-order valence-corrected chi connectivity index (χ3v) is 23.4. The van der Waals surface area contributed by atoms with Crippen LogP contribution in [0.2, 0.25) is 0 Å². The fourth-order valence-electron chi connectivity index (χ4n) is 16.6. The Morgan fingerprint density at radius 3 is 1.19 bits per heavy atom. The molecular formula is C67H128N18O32. The molecule has 2 amide bonds. The van der Waals surface area contributed by atoms with Gasteiger partial charge in [0.2, 0.25) is 11.8 Å². The lowest BCUT2D eigenvalue weighted by molar-refractivity contribution is -0.329. The number of hydrogen-bond acceptors (Lipinski definition) is 44. The van der Waals surface area contributed by atoms with Crippen LogP contribution in [0, 0.1) is 41.4 Å². The van der Waals surface area contributed by atoms with Crippen LogP contribution in [0.25, 0.3) is 20.9 Å². The fourth-order valence-corrected chi connectivity index (χ4v) is 16.6. The number of nitrogens with two attached hydrogens (primary N) is 7. The Morgan fingerprint density at radius 2 is 0.795 bits per heavy atom. The Labute approximate surface area is 674 Å². The molecule has 9 aliphatic rings. The molecule has 9 rings (SSSR count). The van der Waals surface area contributed by atoms with E-state index in [1.165, 1.54) is 7.11 Å². The summed E-state index contributed by atoms with van der Waals surface area (Å²) in [4.78, 5) is 28.9. The molecule has 42 atom stereocenters. The van der Waals surface area contributed by atoms with Crippen LogP contribution in [-0.4, -0.2) is 442 Å². The van der Waals surface area contributed by atoms with Crippen LogP contribution in [0.1, 0.15) is 19.3 Å². The highest BCUT2D eigenvalue weighted by Crippen LogP contribution is 2.41. The summed E-state index contributed by atoms with van der Waals surface area (Å²) in [5.41, 5.74) is 58.1. The van der Waals surface area contributed by atoms with Crippen molar-refractivity contribution in [3.05, 3.63) is 20.9 Å². The first-order valence-electron chi connectivity index (χ1n) is 39.0. The van der Waals surface area contributed by atoms with Gasteiger partial charge in [0.05, 0.1) is 69.7 Å². The molecule has 0 spiro atoms. The molecule has 15 unspecified atom stereocenters. The first kappa shape index (κ1) is 100. The Morgan fingerprint density at radius 1 is 0.402 bits per heavy atom.